The summed E-state index contributed by atoms with van der Waals surface area (Å²) < 4.78 is 49.9. The van der Waals surface area contributed by atoms with E-state index in [9.17, 15) is 18.0 Å². The summed E-state index contributed by atoms with van der Waals surface area (Å²) in [6.07, 6.45) is -3.75. The fourth-order valence-electron chi connectivity index (χ4n) is 4.32. The van der Waals surface area contributed by atoms with Crippen LogP contribution in [0, 0.1) is 0 Å². The fourth-order valence-corrected chi connectivity index (χ4v) is 4.32. The van der Waals surface area contributed by atoms with E-state index in [2.05, 4.69) is 25.2 Å². The van der Waals surface area contributed by atoms with Crippen molar-refractivity contribution in [1.82, 2.24) is 15.0 Å². The van der Waals surface area contributed by atoms with Gasteiger partial charge in [0.15, 0.2) is 5.82 Å². The zero-order valence-electron chi connectivity index (χ0n) is 18.8. The maximum atomic E-state index is 13.4. The van der Waals surface area contributed by atoms with Crippen LogP contribution < -0.4 is 24.6 Å². The minimum Gasteiger partial charge on any atom is -0.481 e. The largest absolute Gasteiger partial charge is 0.481 e. The molecule has 2 aromatic heterocycles. The SMILES string of the molecule is COc1cc(NC(=O)N2c3nc(-c4cccc(C(F)(F)F)c4)ccc3N3CC[C@H]2C3)nc(OC)n1. The van der Waals surface area contributed by atoms with Crippen molar-refractivity contribution in [2.24, 2.45) is 0 Å². The molecule has 35 heavy (non-hydrogen) atoms. The van der Waals surface area contributed by atoms with E-state index in [4.69, 9.17) is 9.47 Å². The smallest absolute Gasteiger partial charge is 0.416 e. The van der Waals surface area contributed by atoms with E-state index in [1.54, 1.807) is 18.2 Å². The molecule has 1 atom stereocenters. The molecule has 2 bridgehead atoms. The van der Waals surface area contributed by atoms with Crippen LogP contribution in [0.5, 0.6) is 11.9 Å². The van der Waals surface area contributed by atoms with Crippen molar-refractivity contribution >= 4 is 23.4 Å². The summed E-state index contributed by atoms with van der Waals surface area (Å²) in [6.45, 7) is 1.36. The highest BCUT2D eigenvalue weighted by Crippen LogP contribution is 2.41. The second kappa shape index (κ2) is 8.60. The number of ether oxygens (including phenoxy) is 2. The first kappa shape index (κ1) is 22.7. The van der Waals surface area contributed by atoms with Gasteiger partial charge in [-0.05, 0) is 30.7 Å². The molecule has 3 aromatic rings. The first-order valence-electron chi connectivity index (χ1n) is 10.8. The molecule has 1 fully saturated rings. The molecule has 12 heteroatoms. The number of hydrogen-bond acceptors (Lipinski definition) is 7. The monoisotopic (exact) mass is 486 g/mol. The summed E-state index contributed by atoms with van der Waals surface area (Å²) in [5.74, 6) is 0.761. The van der Waals surface area contributed by atoms with Crippen molar-refractivity contribution < 1.29 is 27.4 Å². The zero-order chi connectivity index (χ0) is 24.7. The molecule has 2 aliphatic rings. The third-order valence-electron chi connectivity index (χ3n) is 5.97. The number of hydrogen-bond donors (Lipinski definition) is 1. The second-order valence-corrected chi connectivity index (χ2v) is 8.09. The molecule has 2 amide bonds. The Balaban J connectivity index is 1.51. The van der Waals surface area contributed by atoms with Crippen molar-refractivity contribution in [3.8, 4) is 23.1 Å². The number of pyridine rings is 1. The number of aromatic nitrogens is 3. The van der Waals surface area contributed by atoms with Gasteiger partial charge in [-0.3, -0.25) is 10.2 Å². The third-order valence-corrected chi connectivity index (χ3v) is 5.97. The van der Waals surface area contributed by atoms with E-state index in [1.807, 2.05) is 0 Å². The van der Waals surface area contributed by atoms with Gasteiger partial charge >= 0.3 is 18.2 Å². The summed E-state index contributed by atoms with van der Waals surface area (Å²) >= 11 is 0. The Hall–Kier alpha value is -4.09. The number of amides is 2. The number of alkyl halides is 3. The van der Waals surface area contributed by atoms with E-state index in [1.165, 1.54) is 31.3 Å². The number of carbonyl (C=O) groups is 1. The van der Waals surface area contributed by atoms with Gasteiger partial charge in [0, 0.05) is 24.7 Å². The van der Waals surface area contributed by atoms with E-state index < -0.39 is 17.8 Å². The molecule has 1 saturated heterocycles. The molecule has 1 N–H and O–H groups in total. The molecule has 0 aliphatic carbocycles. The first-order chi connectivity index (χ1) is 16.8. The normalized spacial score (nSPS) is 16.7. The van der Waals surface area contributed by atoms with Crippen LogP contribution in [0.3, 0.4) is 0 Å². The standard InChI is InChI=1S/C23H21F3N6O3/c1-34-19-11-18(28-21(30-19)35-2)29-22(33)32-15-8-9-31(12-15)17-7-6-16(27-20(17)32)13-4-3-5-14(10-13)23(24,25)26/h3-7,10-11,15H,8-9,12H2,1-2H3,(H,28,29,30,33)/t15-/m0/s1. The molecular formula is C23H21F3N6O3. The molecule has 0 unspecified atom stereocenters. The van der Waals surface area contributed by atoms with E-state index in [-0.39, 0.29) is 23.8 Å². The Kier molecular flexibility index (Phi) is 5.58. The molecule has 1 aromatic carbocycles. The van der Waals surface area contributed by atoms with Gasteiger partial charge in [-0.15, -0.1) is 0 Å². The van der Waals surface area contributed by atoms with Gasteiger partial charge < -0.3 is 14.4 Å². The maximum absolute atomic E-state index is 13.4. The number of benzene rings is 1. The van der Waals surface area contributed by atoms with Crippen molar-refractivity contribution in [2.45, 2.75) is 18.6 Å². The summed E-state index contributed by atoms with van der Waals surface area (Å²) in [5, 5.41) is 2.74. The van der Waals surface area contributed by atoms with Crippen LogP contribution in [0.15, 0.2) is 42.5 Å². The number of urea groups is 1. The van der Waals surface area contributed by atoms with Crippen LogP contribution in [0.1, 0.15) is 12.0 Å². The molecular weight excluding hydrogens is 465 g/mol. The number of carbonyl (C=O) groups excluding carboxylic acids is 1. The van der Waals surface area contributed by atoms with Crippen LogP contribution in [-0.4, -0.2) is 54.3 Å². The number of fused-ring (bicyclic) bond motifs is 4. The predicted octanol–water partition coefficient (Wildman–Crippen LogP) is 4.21. The summed E-state index contributed by atoms with van der Waals surface area (Å²) in [7, 11) is 2.83. The average molecular weight is 486 g/mol. The van der Waals surface area contributed by atoms with Gasteiger partial charge in [-0.2, -0.15) is 23.1 Å². The van der Waals surface area contributed by atoms with E-state index in [0.717, 1.165) is 30.8 Å². The molecule has 0 saturated carbocycles. The Labute approximate surface area is 198 Å². The van der Waals surface area contributed by atoms with Gasteiger partial charge in [0.05, 0.1) is 37.2 Å². The van der Waals surface area contributed by atoms with Crippen molar-refractivity contribution in [3.05, 3.63) is 48.0 Å². The van der Waals surface area contributed by atoms with Crippen LogP contribution in [0.2, 0.25) is 0 Å². The lowest BCUT2D eigenvalue weighted by atomic mass is 10.1. The molecule has 0 spiro atoms. The summed E-state index contributed by atoms with van der Waals surface area (Å²) in [4.78, 5) is 29.9. The lowest BCUT2D eigenvalue weighted by Gasteiger charge is -2.35. The number of halogens is 3. The summed E-state index contributed by atoms with van der Waals surface area (Å²) in [5.41, 5.74) is 0.615. The molecule has 4 heterocycles. The highest BCUT2D eigenvalue weighted by atomic mass is 19.4. The second-order valence-electron chi connectivity index (χ2n) is 8.09. The number of rotatable bonds is 4. The maximum Gasteiger partial charge on any atom is 0.416 e. The third kappa shape index (κ3) is 4.27. The zero-order valence-corrected chi connectivity index (χ0v) is 18.8. The highest BCUT2D eigenvalue weighted by molar-refractivity contribution is 6.04. The molecule has 9 nitrogen and oxygen atoms in total. The summed E-state index contributed by atoms with van der Waals surface area (Å²) in [6, 6.07) is 9.27. The van der Waals surface area contributed by atoms with E-state index in [0.29, 0.717) is 23.6 Å². The Morgan fingerprint density at radius 3 is 2.66 bits per heavy atom. The Morgan fingerprint density at radius 2 is 1.91 bits per heavy atom. The Morgan fingerprint density at radius 1 is 1.09 bits per heavy atom. The molecule has 182 valence electrons. The highest BCUT2D eigenvalue weighted by Gasteiger charge is 2.40. The number of nitrogens with one attached hydrogen (secondary N) is 1. The van der Waals surface area contributed by atoms with Gasteiger partial charge in [0.2, 0.25) is 5.88 Å². The van der Waals surface area contributed by atoms with Crippen LogP contribution >= 0.6 is 0 Å². The van der Waals surface area contributed by atoms with E-state index >= 15 is 0 Å². The van der Waals surface area contributed by atoms with Crippen LogP contribution in [0.4, 0.5) is 35.3 Å². The number of anilines is 3. The van der Waals surface area contributed by atoms with Crippen molar-refractivity contribution in [3.63, 3.8) is 0 Å². The number of methoxy groups -OCH3 is 2. The minimum atomic E-state index is -4.47. The minimum absolute atomic E-state index is 0.0238. The van der Waals surface area contributed by atoms with Gasteiger partial charge in [-0.25, -0.2) is 9.78 Å². The molecule has 2 aliphatic heterocycles. The quantitative estimate of drug-likeness (QED) is 0.591. The fraction of sp³-hybridized carbons (Fsp3) is 0.304. The average Bonchev–Trinajstić information content (AvgIpc) is 3.27. The predicted molar refractivity (Wildman–Crippen MR) is 122 cm³/mol. The van der Waals surface area contributed by atoms with Crippen molar-refractivity contribution in [1.29, 1.82) is 0 Å². The van der Waals surface area contributed by atoms with Gasteiger partial charge in [0.1, 0.15) is 5.82 Å². The topological polar surface area (TPSA) is 92.7 Å². The van der Waals surface area contributed by atoms with Crippen LogP contribution in [0.25, 0.3) is 11.3 Å². The number of nitrogens with zero attached hydrogens (tertiary/aromatic N) is 5. The molecule has 0 radical (unpaired) electrons. The van der Waals surface area contributed by atoms with Gasteiger partial charge in [0.25, 0.3) is 0 Å². The lowest BCUT2D eigenvalue weighted by molar-refractivity contribution is -0.137. The van der Waals surface area contributed by atoms with Crippen LogP contribution in [-0.2, 0) is 6.18 Å². The Bertz CT molecular complexity index is 1260. The van der Waals surface area contributed by atoms with Crippen molar-refractivity contribution in [2.75, 3.05) is 42.4 Å². The van der Waals surface area contributed by atoms with Gasteiger partial charge in [-0.1, -0.05) is 12.1 Å². The first-order valence-corrected chi connectivity index (χ1v) is 10.8. The lowest BCUT2D eigenvalue weighted by Crippen LogP contribution is -2.48. The molecule has 5 rings (SSSR count).